The first kappa shape index (κ1) is 26.6. The van der Waals surface area contributed by atoms with Crippen molar-refractivity contribution in [3.8, 4) is 0 Å². The molecule has 0 bridgehead atoms. The number of rotatable bonds is 8. The number of aliphatic hydroxyl groups is 1. The van der Waals surface area contributed by atoms with Gasteiger partial charge in [0.25, 0.3) is 0 Å². The monoisotopic (exact) mass is 521 g/mol. The Balaban J connectivity index is 1.64. The van der Waals surface area contributed by atoms with Gasteiger partial charge in [0.05, 0.1) is 17.4 Å². The van der Waals surface area contributed by atoms with Crippen LogP contribution in [0.25, 0.3) is 0 Å². The number of carbonyl (C=O) groups is 3. The standard InChI is InChI=1S/C30H39N3O5/c1-4-12-21(3)31-17-10-16-30-24(27(36)33(19-11-20-34)25(30)28(31)37)23-26(35)32(22-13-7-6-8-14-22)18-9-15-29(23,5-2)38-30/h6-10,13-16,21,23-25,34H,4-5,11-12,17-20H2,1-3H3/t21?,23-,24-,25?,29+,30-/m0/s1. The molecule has 1 aromatic carbocycles. The average Bonchev–Trinajstić information content (AvgIpc) is 3.20. The number of amides is 3. The smallest absolute Gasteiger partial charge is 0.249 e. The number of likely N-dealkylation sites (tertiary alicyclic amines) is 1. The lowest BCUT2D eigenvalue weighted by Crippen LogP contribution is -2.57. The van der Waals surface area contributed by atoms with Gasteiger partial charge in [-0.15, -0.1) is 0 Å². The maximum atomic E-state index is 14.4. The predicted molar refractivity (Wildman–Crippen MR) is 144 cm³/mol. The molecule has 3 amide bonds. The average molecular weight is 522 g/mol. The van der Waals surface area contributed by atoms with Gasteiger partial charge in [-0.1, -0.05) is 62.8 Å². The zero-order valence-corrected chi connectivity index (χ0v) is 22.6. The molecule has 1 aromatic rings. The van der Waals surface area contributed by atoms with Crippen LogP contribution < -0.4 is 4.90 Å². The fourth-order valence-electron chi connectivity index (χ4n) is 7.07. The highest BCUT2D eigenvalue weighted by Crippen LogP contribution is 2.58. The third kappa shape index (κ3) is 3.92. The molecule has 0 aromatic heterocycles. The van der Waals surface area contributed by atoms with Gasteiger partial charge in [0, 0.05) is 38.0 Å². The van der Waals surface area contributed by atoms with Crippen LogP contribution in [0.1, 0.15) is 46.5 Å². The second kappa shape index (κ2) is 10.3. The fourth-order valence-corrected chi connectivity index (χ4v) is 7.07. The Kier molecular flexibility index (Phi) is 7.22. The Bertz CT molecular complexity index is 1140. The summed E-state index contributed by atoms with van der Waals surface area (Å²) in [6, 6.07) is 8.60. The van der Waals surface area contributed by atoms with Gasteiger partial charge in [-0.25, -0.2) is 0 Å². The van der Waals surface area contributed by atoms with Gasteiger partial charge in [0.2, 0.25) is 17.7 Å². The van der Waals surface area contributed by atoms with Crippen molar-refractivity contribution >= 4 is 23.4 Å². The summed E-state index contributed by atoms with van der Waals surface area (Å²) in [6.07, 6.45) is 10.4. The minimum atomic E-state index is -1.26. The zero-order valence-electron chi connectivity index (χ0n) is 22.6. The maximum absolute atomic E-state index is 14.4. The number of nitrogens with zero attached hydrogens (tertiary/aromatic N) is 3. The lowest BCUT2D eigenvalue weighted by atomic mass is 9.73. The van der Waals surface area contributed by atoms with E-state index in [4.69, 9.17) is 4.74 Å². The van der Waals surface area contributed by atoms with E-state index in [1.807, 2.05) is 73.4 Å². The maximum Gasteiger partial charge on any atom is 0.249 e. The number of benzene rings is 1. The van der Waals surface area contributed by atoms with Crippen molar-refractivity contribution in [3.05, 3.63) is 54.6 Å². The highest BCUT2D eigenvalue weighted by atomic mass is 16.5. The second-order valence-electron chi connectivity index (χ2n) is 10.9. The summed E-state index contributed by atoms with van der Waals surface area (Å²) in [6.45, 7) is 7.05. The summed E-state index contributed by atoms with van der Waals surface area (Å²) < 4.78 is 6.98. The third-order valence-electron chi connectivity index (χ3n) is 8.83. The third-order valence-corrected chi connectivity index (χ3v) is 8.83. The molecule has 8 nitrogen and oxygen atoms in total. The summed E-state index contributed by atoms with van der Waals surface area (Å²) in [5, 5.41) is 9.60. The van der Waals surface area contributed by atoms with Crippen LogP contribution in [0, 0.1) is 11.8 Å². The summed E-state index contributed by atoms with van der Waals surface area (Å²) in [4.78, 5) is 48.1. The van der Waals surface area contributed by atoms with Crippen LogP contribution >= 0.6 is 0 Å². The molecule has 0 radical (unpaired) electrons. The molecule has 4 aliphatic heterocycles. The molecule has 0 saturated carbocycles. The van der Waals surface area contributed by atoms with E-state index < -0.39 is 29.1 Å². The van der Waals surface area contributed by atoms with Crippen molar-refractivity contribution in [3.63, 3.8) is 0 Å². The molecular formula is C30H39N3O5. The van der Waals surface area contributed by atoms with Crippen molar-refractivity contribution in [2.24, 2.45) is 11.8 Å². The van der Waals surface area contributed by atoms with Crippen molar-refractivity contribution < 1.29 is 24.2 Å². The van der Waals surface area contributed by atoms with E-state index in [9.17, 15) is 19.5 Å². The van der Waals surface area contributed by atoms with Gasteiger partial charge in [-0.2, -0.15) is 0 Å². The SMILES string of the molecule is CCCC(C)N1CC=C[C@]23O[C@]4(CC)C=CCN(c5ccccc5)C(=O)[C@@H]4[C@H]2C(=O)N(CCCO)C3C1=O. The zero-order chi connectivity index (χ0) is 27.1. The topological polar surface area (TPSA) is 90.4 Å². The fraction of sp³-hybridized carbons (Fsp3) is 0.567. The van der Waals surface area contributed by atoms with Crippen LogP contribution in [0.4, 0.5) is 5.69 Å². The Morgan fingerprint density at radius 2 is 1.74 bits per heavy atom. The first-order chi connectivity index (χ1) is 18.3. The molecule has 4 heterocycles. The largest absolute Gasteiger partial charge is 0.396 e. The number of hydrogen-bond acceptors (Lipinski definition) is 5. The van der Waals surface area contributed by atoms with Crippen molar-refractivity contribution in [2.45, 2.75) is 69.7 Å². The molecular weight excluding hydrogens is 482 g/mol. The van der Waals surface area contributed by atoms with E-state index in [0.717, 1.165) is 18.5 Å². The van der Waals surface area contributed by atoms with E-state index in [1.165, 1.54) is 0 Å². The van der Waals surface area contributed by atoms with Crippen molar-refractivity contribution in [2.75, 3.05) is 31.1 Å². The second-order valence-corrected chi connectivity index (χ2v) is 10.9. The molecule has 0 aliphatic carbocycles. The minimum absolute atomic E-state index is 0.00302. The van der Waals surface area contributed by atoms with Crippen LogP contribution in [-0.4, -0.2) is 82.2 Å². The Morgan fingerprint density at radius 1 is 1.00 bits per heavy atom. The highest BCUT2D eigenvalue weighted by Gasteiger charge is 2.75. The van der Waals surface area contributed by atoms with E-state index in [2.05, 4.69) is 6.92 Å². The van der Waals surface area contributed by atoms with Gasteiger partial charge in [0.1, 0.15) is 11.6 Å². The molecule has 8 heteroatoms. The van der Waals surface area contributed by atoms with Crippen molar-refractivity contribution in [1.82, 2.24) is 9.80 Å². The van der Waals surface area contributed by atoms with Crippen LogP contribution in [0.2, 0.25) is 0 Å². The van der Waals surface area contributed by atoms with Crippen molar-refractivity contribution in [1.29, 1.82) is 0 Å². The highest BCUT2D eigenvalue weighted by molar-refractivity contribution is 6.04. The minimum Gasteiger partial charge on any atom is -0.396 e. The summed E-state index contributed by atoms with van der Waals surface area (Å²) in [7, 11) is 0. The van der Waals surface area contributed by atoms with Crippen LogP contribution in [0.3, 0.4) is 0 Å². The van der Waals surface area contributed by atoms with E-state index in [1.54, 1.807) is 9.80 Å². The van der Waals surface area contributed by atoms with Crippen LogP contribution in [0.15, 0.2) is 54.6 Å². The lowest BCUT2D eigenvalue weighted by molar-refractivity contribution is -0.153. The molecule has 2 unspecified atom stereocenters. The molecule has 6 atom stereocenters. The summed E-state index contributed by atoms with van der Waals surface area (Å²) >= 11 is 0. The molecule has 1 N–H and O–H groups in total. The summed E-state index contributed by atoms with van der Waals surface area (Å²) in [5.41, 5.74) is -1.50. The number of aliphatic hydroxyl groups excluding tert-OH is 1. The van der Waals surface area contributed by atoms with Gasteiger partial charge >= 0.3 is 0 Å². The molecule has 204 valence electrons. The molecule has 2 fully saturated rings. The Hall–Kier alpha value is -2.97. The molecule has 4 aliphatic rings. The Labute approximate surface area is 224 Å². The first-order valence-electron chi connectivity index (χ1n) is 14.0. The number of para-hydroxylation sites is 1. The van der Waals surface area contributed by atoms with Gasteiger partial charge in [-0.3, -0.25) is 14.4 Å². The quantitative estimate of drug-likeness (QED) is 0.532. The normalized spacial score (nSPS) is 33.2. The first-order valence-corrected chi connectivity index (χ1v) is 14.0. The molecule has 1 spiro atoms. The van der Waals surface area contributed by atoms with E-state index in [-0.39, 0.29) is 36.9 Å². The number of hydrogen-bond donors (Lipinski definition) is 1. The number of anilines is 1. The van der Waals surface area contributed by atoms with Crippen LogP contribution in [-0.2, 0) is 19.1 Å². The van der Waals surface area contributed by atoms with E-state index in [0.29, 0.717) is 25.9 Å². The van der Waals surface area contributed by atoms with Gasteiger partial charge in [0.15, 0.2) is 0 Å². The number of fused-ring (bicyclic) bond motifs is 2. The predicted octanol–water partition coefficient (Wildman–Crippen LogP) is 2.92. The van der Waals surface area contributed by atoms with E-state index >= 15 is 0 Å². The van der Waals surface area contributed by atoms with Gasteiger partial charge < -0.3 is 24.5 Å². The van der Waals surface area contributed by atoms with Crippen LogP contribution in [0.5, 0.6) is 0 Å². The van der Waals surface area contributed by atoms with Gasteiger partial charge in [-0.05, 0) is 38.3 Å². The summed E-state index contributed by atoms with van der Waals surface area (Å²) in [5.74, 6) is -2.18. The Morgan fingerprint density at radius 3 is 2.42 bits per heavy atom. The lowest BCUT2D eigenvalue weighted by Gasteiger charge is -2.39. The molecule has 2 saturated heterocycles. The molecule has 5 rings (SSSR count). The number of ether oxygens (including phenoxy) is 1. The number of carbonyl (C=O) groups excluding carboxylic acids is 3. The molecule has 38 heavy (non-hydrogen) atoms.